The quantitative estimate of drug-likeness (QED) is 0.783. The van der Waals surface area contributed by atoms with E-state index in [9.17, 15) is 4.79 Å². The maximum Gasteiger partial charge on any atom is 0.169 e. The van der Waals surface area contributed by atoms with Gasteiger partial charge in [0.2, 0.25) is 0 Å². The number of hydrogen-bond donors (Lipinski definition) is 0. The van der Waals surface area contributed by atoms with E-state index in [0.29, 0.717) is 27.8 Å². The highest BCUT2D eigenvalue weighted by Crippen LogP contribution is 2.32. The van der Waals surface area contributed by atoms with Crippen molar-refractivity contribution in [2.75, 3.05) is 7.11 Å². The number of ether oxygens (including phenoxy) is 2. The monoisotopic (exact) mass is 262 g/mol. The average Bonchev–Trinajstić information content (AvgIpc) is 2.38. The third-order valence-corrected chi connectivity index (χ3v) is 2.58. The molecule has 0 aliphatic carbocycles. The second-order valence-corrected chi connectivity index (χ2v) is 4.02. The SMILES string of the molecule is COc1ccc(C=O)cc1Oc1cccc(Cl)c1. The predicted molar refractivity (Wildman–Crippen MR) is 69.9 cm³/mol. The van der Waals surface area contributed by atoms with Gasteiger partial charge in [-0.25, -0.2) is 0 Å². The van der Waals surface area contributed by atoms with Gasteiger partial charge in [0.1, 0.15) is 12.0 Å². The number of carbonyl (C=O) groups is 1. The van der Waals surface area contributed by atoms with Gasteiger partial charge in [-0.1, -0.05) is 17.7 Å². The predicted octanol–water partition coefficient (Wildman–Crippen LogP) is 3.95. The zero-order chi connectivity index (χ0) is 13.0. The molecule has 0 N–H and O–H groups in total. The molecule has 0 saturated carbocycles. The molecule has 0 aromatic heterocycles. The second-order valence-electron chi connectivity index (χ2n) is 3.59. The van der Waals surface area contributed by atoms with Crippen LogP contribution in [0, 0.1) is 0 Å². The van der Waals surface area contributed by atoms with Crippen molar-refractivity contribution in [1.29, 1.82) is 0 Å². The Bertz CT molecular complexity index is 567. The van der Waals surface area contributed by atoms with Gasteiger partial charge in [0, 0.05) is 10.6 Å². The molecule has 0 saturated heterocycles. The van der Waals surface area contributed by atoms with Crippen LogP contribution in [0.1, 0.15) is 10.4 Å². The minimum Gasteiger partial charge on any atom is -0.493 e. The summed E-state index contributed by atoms with van der Waals surface area (Å²) in [6.45, 7) is 0. The first kappa shape index (κ1) is 12.5. The minimum atomic E-state index is 0.476. The zero-order valence-corrected chi connectivity index (χ0v) is 10.5. The third kappa shape index (κ3) is 2.81. The first-order chi connectivity index (χ1) is 8.72. The number of aldehydes is 1. The van der Waals surface area contributed by atoms with E-state index in [4.69, 9.17) is 21.1 Å². The van der Waals surface area contributed by atoms with Crippen LogP contribution in [-0.2, 0) is 0 Å². The molecule has 0 radical (unpaired) electrons. The maximum absolute atomic E-state index is 10.7. The summed E-state index contributed by atoms with van der Waals surface area (Å²) in [6, 6.07) is 12.0. The third-order valence-electron chi connectivity index (χ3n) is 2.35. The minimum absolute atomic E-state index is 0.476. The standard InChI is InChI=1S/C14H11ClO3/c1-17-13-6-5-10(9-16)7-14(13)18-12-4-2-3-11(15)8-12/h2-9H,1H3. The van der Waals surface area contributed by atoms with Gasteiger partial charge >= 0.3 is 0 Å². The smallest absolute Gasteiger partial charge is 0.169 e. The average molecular weight is 263 g/mol. The van der Waals surface area contributed by atoms with Gasteiger partial charge in [0.25, 0.3) is 0 Å². The van der Waals surface area contributed by atoms with Crippen molar-refractivity contribution in [2.45, 2.75) is 0 Å². The zero-order valence-electron chi connectivity index (χ0n) is 9.72. The molecule has 2 aromatic carbocycles. The van der Waals surface area contributed by atoms with Crippen molar-refractivity contribution in [3.8, 4) is 17.2 Å². The Hall–Kier alpha value is -2.00. The molecule has 2 rings (SSSR count). The van der Waals surface area contributed by atoms with Gasteiger partial charge in [-0.2, -0.15) is 0 Å². The van der Waals surface area contributed by atoms with Crippen molar-refractivity contribution < 1.29 is 14.3 Å². The van der Waals surface area contributed by atoms with Gasteiger partial charge in [0.05, 0.1) is 7.11 Å². The summed E-state index contributed by atoms with van der Waals surface area (Å²) in [5.74, 6) is 1.62. The largest absolute Gasteiger partial charge is 0.493 e. The van der Waals surface area contributed by atoms with Crippen LogP contribution in [0.25, 0.3) is 0 Å². The van der Waals surface area contributed by atoms with E-state index in [1.165, 1.54) is 0 Å². The number of methoxy groups -OCH3 is 1. The van der Waals surface area contributed by atoms with Crippen LogP contribution in [0.15, 0.2) is 42.5 Å². The summed E-state index contributed by atoms with van der Waals surface area (Å²) in [4.78, 5) is 10.7. The Labute approximate surface area is 110 Å². The van der Waals surface area contributed by atoms with Gasteiger partial charge in [-0.05, 0) is 36.4 Å². The van der Waals surface area contributed by atoms with Crippen LogP contribution in [0.5, 0.6) is 17.2 Å². The van der Waals surface area contributed by atoms with Crippen LogP contribution >= 0.6 is 11.6 Å². The summed E-state index contributed by atoms with van der Waals surface area (Å²) in [7, 11) is 1.54. The number of halogens is 1. The Kier molecular flexibility index (Phi) is 3.85. The molecule has 2 aromatic rings. The van der Waals surface area contributed by atoms with Crippen molar-refractivity contribution in [2.24, 2.45) is 0 Å². The Balaban J connectivity index is 2.35. The molecule has 0 fully saturated rings. The molecule has 0 atom stereocenters. The lowest BCUT2D eigenvalue weighted by molar-refractivity contribution is 0.112. The van der Waals surface area contributed by atoms with Crippen LogP contribution in [-0.4, -0.2) is 13.4 Å². The Morgan fingerprint density at radius 1 is 1.11 bits per heavy atom. The van der Waals surface area contributed by atoms with Gasteiger partial charge in [-0.3, -0.25) is 4.79 Å². The van der Waals surface area contributed by atoms with E-state index in [1.807, 2.05) is 0 Å². The number of benzene rings is 2. The molecule has 0 heterocycles. The molecule has 0 aliphatic heterocycles. The van der Waals surface area contributed by atoms with E-state index in [-0.39, 0.29) is 0 Å². The van der Waals surface area contributed by atoms with Crippen LogP contribution in [0.2, 0.25) is 5.02 Å². The first-order valence-corrected chi connectivity index (χ1v) is 5.67. The molecule has 3 nitrogen and oxygen atoms in total. The number of hydrogen-bond acceptors (Lipinski definition) is 3. The summed E-state index contributed by atoms with van der Waals surface area (Å²) in [5.41, 5.74) is 0.521. The highest BCUT2D eigenvalue weighted by atomic mass is 35.5. The molecule has 92 valence electrons. The molecule has 0 bridgehead atoms. The molecular weight excluding hydrogens is 252 g/mol. The Morgan fingerprint density at radius 3 is 2.61 bits per heavy atom. The van der Waals surface area contributed by atoms with Gasteiger partial charge < -0.3 is 9.47 Å². The fourth-order valence-electron chi connectivity index (χ4n) is 1.50. The maximum atomic E-state index is 10.7. The van der Waals surface area contributed by atoms with Crippen molar-refractivity contribution in [1.82, 2.24) is 0 Å². The summed E-state index contributed by atoms with van der Waals surface area (Å²) < 4.78 is 10.8. The summed E-state index contributed by atoms with van der Waals surface area (Å²) in [6.07, 6.45) is 0.754. The van der Waals surface area contributed by atoms with Crippen molar-refractivity contribution in [3.63, 3.8) is 0 Å². The molecule has 18 heavy (non-hydrogen) atoms. The van der Waals surface area contributed by atoms with E-state index < -0.39 is 0 Å². The Morgan fingerprint density at radius 2 is 1.94 bits per heavy atom. The topological polar surface area (TPSA) is 35.5 Å². The molecular formula is C14H11ClO3. The van der Waals surface area contributed by atoms with Gasteiger partial charge in [0.15, 0.2) is 11.5 Å². The van der Waals surface area contributed by atoms with Crippen LogP contribution < -0.4 is 9.47 Å². The highest BCUT2D eigenvalue weighted by Gasteiger charge is 2.07. The summed E-state index contributed by atoms with van der Waals surface area (Å²) in [5, 5.41) is 0.581. The lowest BCUT2D eigenvalue weighted by atomic mass is 10.2. The fourth-order valence-corrected chi connectivity index (χ4v) is 1.68. The number of rotatable bonds is 4. The lowest BCUT2D eigenvalue weighted by Crippen LogP contribution is -1.92. The molecule has 4 heteroatoms. The normalized spacial score (nSPS) is 9.89. The van der Waals surface area contributed by atoms with Crippen LogP contribution in [0.3, 0.4) is 0 Å². The van der Waals surface area contributed by atoms with Crippen LogP contribution in [0.4, 0.5) is 0 Å². The second kappa shape index (κ2) is 5.56. The van der Waals surface area contributed by atoms with Crippen molar-refractivity contribution >= 4 is 17.9 Å². The summed E-state index contributed by atoms with van der Waals surface area (Å²) >= 11 is 5.88. The van der Waals surface area contributed by atoms with E-state index >= 15 is 0 Å². The van der Waals surface area contributed by atoms with E-state index in [2.05, 4.69) is 0 Å². The lowest BCUT2D eigenvalue weighted by Gasteiger charge is -2.10. The molecule has 0 aliphatic rings. The first-order valence-electron chi connectivity index (χ1n) is 5.29. The fraction of sp³-hybridized carbons (Fsp3) is 0.0714. The van der Waals surface area contributed by atoms with Crippen molar-refractivity contribution in [3.05, 3.63) is 53.1 Å². The molecule has 0 spiro atoms. The van der Waals surface area contributed by atoms with Gasteiger partial charge in [-0.15, -0.1) is 0 Å². The van der Waals surface area contributed by atoms with E-state index in [0.717, 1.165) is 6.29 Å². The van der Waals surface area contributed by atoms with E-state index in [1.54, 1.807) is 49.6 Å². The molecule has 0 unspecified atom stereocenters. The molecule has 0 amide bonds. The highest BCUT2D eigenvalue weighted by molar-refractivity contribution is 6.30. The number of carbonyl (C=O) groups excluding carboxylic acids is 1.